The lowest BCUT2D eigenvalue weighted by molar-refractivity contribution is -0.120. The molecule has 1 aliphatic carbocycles. The molecule has 4 nitrogen and oxygen atoms in total. The van der Waals surface area contributed by atoms with Crippen LogP contribution in [0, 0.1) is 5.82 Å². The number of rotatable bonds is 9. The Labute approximate surface area is 191 Å². The van der Waals surface area contributed by atoms with Gasteiger partial charge in [-0.15, -0.1) is 0 Å². The van der Waals surface area contributed by atoms with Crippen LogP contribution in [0.25, 0.3) is 0 Å². The van der Waals surface area contributed by atoms with Crippen molar-refractivity contribution < 1.29 is 14.3 Å². The Balaban J connectivity index is 1.77. The fraction of sp³-hybridized carbons (Fsp3) is 0.519. The first-order valence-corrected chi connectivity index (χ1v) is 11.8. The summed E-state index contributed by atoms with van der Waals surface area (Å²) in [6.07, 6.45) is 5.14. The van der Waals surface area contributed by atoms with Crippen molar-refractivity contribution in [2.45, 2.75) is 82.9 Å². The maximum absolute atomic E-state index is 13.6. The van der Waals surface area contributed by atoms with Crippen LogP contribution in [-0.4, -0.2) is 29.7 Å². The zero-order chi connectivity index (χ0) is 23.1. The molecule has 1 amide bonds. The molecule has 2 unspecified atom stereocenters. The van der Waals surface area contributed by atoms with Gasteiger partial charge in [-0.2, -0.15) is 0 Å². The van der Waals surface area contributed by atoms with Crippen molar-refractivity contribution in [2.75, 3.05) is 6.54 Å². The minimum absolute atomic E-state index is 0.177. The van der Waals surface area contributed by atoms with E-state index in [1.54, 1.807) is 6.07 Å². The number of aliphatic hydroxyl groups is 1. The van der Waals surface area contributed by atoms with Crippen molar-refractivity contribution in [1.29, 1.82) is 0 Å². The molecule has 174 valence electrons. The predicted octanol–water partition coefficient (Wildman–Crippen LogP) is 4.81. The molecule has 1 fully saturated rings. The molecule has 0 bridgehead atoms. The van der Waals surface area contributed by atoms with Gasteiger partial charge in [0.15, 0.2) is 0 Å². The lowest BCUT2D eigenvalue weighted by Crippen LogP contribution is -2.53. The van der Waals surface area contributed by atoms with Gasteiger partial charge in [-0.25, -0.2) is 4.39 Å². The molecule has 3 N–H and O–H groups in total. The normalized spacial score (nSPS) is 17.7. The van der Waals surface area contributed by atoms with Crippen LogP contribution >= 0.6 is 0 Å². The summed E-state index contributed by atoms with van der Waals surface area (Å²) in [4.78, 5) is 11.8. The van der Waals surface area contributed by atoms with Crippen molar-refractivity contribution in [2.24, 2.45) is 0 Å². The minimum atomic E-state index is -0.797. The first-order chi connectivity index (χ1) is 15.3. The van der Waals surface area contributed by atoms with Crippen LogP contribution in [0.3, 0.4) is 0 Å². The fourth-order valence-electron chi connectivity index (χ4n) is 4.82. The van der Waals surface area contributed by atoms with E-state index in [1.807, 2.05) is 6.07 Å². The number of carbonyl (C=O) groups excluding carboxylic acids is 1. The largest absolute Gasteiger partial charge is 0.390 e. The Morgan fingerprint density at radius 1 is 1.09 bits per heavy atom. The van der Waals surface area contributed by atoms with Crippen LogP contribution in [0.15, 0.2) is 48.5 Å². The van der Waals surface area contributed by atoms with E-state index in [1.165, 1.54) is 36.6 Å². The minimum Gasteiger partial charge on any atom is -0.390 e. The molecule has 0 aromatic heterocycles. The maximum Gasteiger partial charge on any atom is 0.217 e. The highest BCUT2D eigenvalue weighted by atomic mass is 19.1. The van der Waals surface area contributed by atoms with Crippen LogP contribution in [0.2, 0.25) is 0 Å². The second kappa shape index (κ2) is 11.1. The molecule has 2 aromatic carbocycles. The highest BCUT2D eigenvalue weighted by molar-refractivity contribution is 5.73. The lowest BCUT2D eigenvalue weighted by atomic mass is 9.75. The first kappa shape index (κ1) is 24.4. The summed E-state index contributed by atoms with van der Waals surface area (Å²) in [5.74, 6) is -0.0676. The number of carbonyl (C=O) groups is 1. The molecule has 0 aliphatic heterocycles. The smallest absolute Gasteiger partial charge is 0.217 e. The Morgan fingerprint density at radius 3 is 2.47 bits per heavy atom. The van der Waals surface area contributed by atoms with Gasteiger partial charge >= 0.3 is 0 Å². The predicted molar refractivity (Wildman–Crippen MR) is 127 cm³/mol. The number of aliphatic hydroxyl groups excluding tert-OH is 1. The molecule has 0 radical (unpaired) electrons. The van der Waals surface area contributed by atoms with Gasteiger partial charge in [-0.3, -0.25) is 4.79 Å². The summed E-state index contributed by atoms with van der Waals surface area (Å²) in [5, 5.41) is 17.6. The molecule has 3 rings (SSSR count). The molecule has 2 atom stereocenters. The third kappa shape index (κ3) is 6.39. The number of hydrogen-bond acceptors (Lipinski definition) is 3. The van der Waals surface area contributed by atoms with E-state index in [9.17, 15) is 14.3 Å². The van der Waals surface area contributed by atoms with Crippen molar-refractivity contribution in [3.8, 4) is 0 Å². The monoisotopic (exact) mass is 440 g/mol. The standard InChI is InChI=1S/C27H37FN2O2/c1-19(2)22-10-8-11-23(17-22)27(13-5-4-6-14-27)29-18-26(32)25(30-20(3)31)16-21-9-7-12-24(28)15-21/h7-12,15,17,19,25-26,29,32H,4-6,13-14,16,18H2,1-3H3,(H,30,31). The average molecular weight is 441 g/mol. The van der Waals surface area contributed by atoms with Crippen LogP contribution in [-0.2, 0) is 16.8 Å². The van der Waals surface area contributed by atoms with Gasteiger partial charge in [-0.1, -0.05) is 69.5 Å². The van der Waals surface area contributed by atoms with Crippen molar-refractivity contribution >= 4 is 5.91 Å². The highest BCUT2D eigenvalue weighted by Crippen LogP contribution is 2.38. The number of amides is 1. The van der Waals surface area contributed by atoms with Crippen molar-refractivity contribution in [1.82, 2.24) is 10.6 Å². The Morgan fingerprint density at radius 2 is 1.81 bits per heavy atom. The van der Waals surface area contributed by atoms with Gasteiger partial charge in [-0.05, 0) is 54.0 Å². The van der Waals surface area contributed by atoms with E-state index >= 15 is 0 Å². The third-order valence-corrected chi connectivity index (χ3v) is 6.66. The van der Waals surface area contributed by atoms with Crippen LogP contribution < -0.4 is 10.6 Å². The van der Waals surface area contributed by atoms with Crippen LogP contribution in [0.1, 0.15) is 75.5 Å². The molecular formula is C27H37FN2O2. The summed E-state index contributed by atoms with van der Waals surface area (Å²) in [6, 6.07) is 14.6. The summed E-state index contributed by atoms with van der Waals surface area (Å²) >= 11 is 0. The molecule has 32 heavy (non-hydrogen) atoms. The van der Waals surface area contributed by atoms with E-state index in [0.29, 0.717) is 18.9 Å². The summed E-state index contributed by atoms with van der Waals surface area (Å²) < 4.78 is 13.6. The summed E-state index contributed by atoms with van der Waals surface area (Å²) in [5.41, 5.74) is 3.16. The number of nitrogens with one attached hydrogen (secondary N) is 2. The summed E-state index contributed by atoms with van der Waals surface area (Å²) in [6.45, 7) is 6.20. The molecule has 1 saturated carbocycles. The van der Waals surface area contributed by atoms with E-state index < -0.39 is 12.1 Å². The molecule has 0 spiro atoms. The third-order valence-electron chi connectivity index (χ3n) is 6.66. The van der Waals surface area contributed by atoms with Gasteiger partial charge in [0.05, 0.1) is 12.1 Å². The van der Waals surface area contributed by atoms with Gasteiger partial charge in [0.2, 0.25) is 5.91 Å². The topological polar surface area (TPSA) is 61.4 Å². The van der Waals surface area contributed by atoms with Gasteiger partial charge in [0.25, 0.3) is 0 Å². The second-order valence-electron chi connectivity index (χ2n) is 9.51. The average Bonchev–Trinajstić information content (AvgIpc) is 2.77. The highest BCUT2D eigenvalue weighted by Gasteiger charge is 2.35. The zero-order valence-corrected chi connectivity index (χ0v) is 19.5. The van der Waals surface area contributed by atoms with Gasteiger partial charge in [0.1, 0.15) is 5.82 Å². The van der Waals surface area contributed by atoms with Crippen molar-refractivity contribution in [3.05, 3.63) is 71.0 Å². The lowest BCUT2D eigenvalue weighted by Gasteiger charge is -2.40. The quantitative estimate of drug-likeness (QED) is 0.525. The molecule has 0 saturated heterocycles. The molecule has 0 heterocycles. The second-order valence-corrected chi connectivity index (χ2v) is 9.51. The molecule has 5 heteroatoms. The number of halogens is 1. The van der Waals surface area contributed by atoms with Gasteiger partial charge in [0, 0.05) is 19.0 Å². The molecule has 2 aromatic rings. The van der Waals surface area contributed by atoms with E-state index in [2.05, 4.69) is 48.7 Å². The van der Waals surface area contributed by atoms with E-state index in [4.69, 9.17) is 0 Å². The fourth-order valence-corrected chi connectivity index (χ4v) is 4.82. The Bertz CT molecular complexity index is 893. The number of benzene rings is 2. The Kier molecular flexibility index (Phi) is 8.44. The summed E-state index contributed by atoms with van der Waals surface area (Å²) in [7, 11) is 0. The SMILES string of the molecule is CC(=O)NC(Cc1cccc(F)c1)C(O)CNC1(c2cccc(C(C)C)c2)CCCCC1. The van der Waals surface area contributed by atoms with Crippen molar-refractivity contribution in [3.63, 3.8) is 0 Å². The van der Waals surface area contributed by atoms with E-state index in [0.717, 1.165) is 31.2 Å². The van der Waals surface area contributed by atoms with Crippen LogP contribution in [0.4, 0.5) is 4.39 Å². The zero-order valence-electron chi connectivity index (χ0n) is 19.5. The molecule has 1 aliphatic rings. The van der Waals surface area contributed by atoms with Gasteiger partial charge < -0.3 is 15.7 Å². The van der Waals surface area contributed by atoms with Crippen LogP contribution in [0.5, 0.6) is 0 Å². The maximum atomic E-state index is 13.6. The number of hydrogen-bond donors (Lipinski definition) is 3. The Hall–Kier alpha value is -2.24. The molecular weight excluding hydrogens is 403 g/mol. The first-order valence-electron chi connectivity index (χ1n) is 11.8. The van der Waals surface area contributed by atoms with E-state index in [-0.39, 0.29) is 17.3 Å².